The Morgan fingerprint density at radius 1 is 1.00 bits per heavy atom. The summed E-state index contributed by atoms with van der Waals surface area (Å²) in [5, 5.41) is 13.2. The van der Waals surface area contributed by atoms with Gasteiger partial charge in [0.05, 0.1) is 25.0 Å². The number of alkyl halides is 1. The number of nitrogens with one attached hydrogen (secondary N) is 2. The molecule has 0 radical (unpaired) electrons. The number of pyridine rings is 1. The molecule has 0 spiro atoms. The minimum absolute atomic E-state index is 0.103. The van der Waals surface area contributed by atoms with Crippen molar-refractivity contribution in [2.45, 2.75) is 49.1 Å². The number of likely N-dealkylation sites (tertiary alicyclic amines) is 1. The summed E-state index contributed by atoms with van der Waals surface area (Å²) in [5.41, 5.74) is 2.11. The zero-order valence-electron chi connectivity index (χ0n) is 22.5. The summed E-state index contributed by atoms with van der Waals surface area (Å²) in [6.45, 7) is 0.346. The second kappa shape index (κ2) is 14.3. The van der Waals surface area contributed by atoms with Crippen LogP contribution in [0.15, 0.2) is 84.0 Å². The maximum Gasteiger partial charge on any atom is 0.244 e. The molecule has 40 heavy (non-hydrogen) atoms. The fourth-order valence-corrected chi connectivity index (χ4v) is 6.39. The lowest BCUT2D eigenvalue weighted by molar-refractivity contribution is -0.134. The van der Waals surface area contributed by atoms with Crippen LogP contribution >= 0.6 is 0 Å². The zero-order valence-corrected chi connectivity index (χ0v) is 23.3. The Labute approximate surface area is 235 Å². The van der Waals surface area contributed by atoms with Crippen molar-refractivity contribution in [1.82, 2.24) is 14.6 Å². The van der Waals surface area contributed by atoms with Crippen molar-refractivity contribution < 1.29 is 22.7 Å². The quantitative estimate of drug-likeness (QED) is 0.291. The number of piperidine rings is 1. The van der Waals surface area contributed by atoms with Crippen molar-refractivity contribution in [3.05, 3.63) is 90.3 Å². The monoisotopic (exact) mass is 568 g/mol. The van der Waals surface area contributed by atoms with E-state index >= 15 is 0 Å². The fraction of sp³-hybridized carbons (Fsp3) is 0.400. The van der Waals surface area contributed by atoms with Crippen LogP contribution in [0.2, 0.25) is 0 Å². The molecule has 1 saturated heterocycles. The average Bonchev–Trinajstić information content (AvgIpc) is 2.98. The minimum Gasteiger partial charge on any atom is -0.394 e. The van der Waals surface area contributed by atoms with Gasteiger partial charge in [-0.2, -0.15) is 4.72 Å². The maximum absolute atomic E-state index is 13.7. The summed E-state index contributed by atoms with van der Waals surface area (Å²) in [7, 11) is -4.19. The number of carbonyl (C=O) groups is 1. The number of carbonyl (C=O) groups excluding carboxylic acids is 1. The molecule has 0 aliphatic carbocycles. The summed E-state index contributed by atoms with van der Waals surface area (Å²) in [6.07, 6.45) is 5.26. The lowest BCUT2D eigenvalue weighted by atomic mass is 9.93. The van der Waals surface area contributed by atoms with E-state index < -0.39 is 22.1 Å². The Balaban J connectivity index is 1.54. The van der Waals surface area contributed by atoms with Gasteiger partial charge in [-0.15, -0.1) is 0 Å². The van der Waals surface area contributed by atoms with Gasteiger partial charge < -0.3 is 15.3 Å². The van der Waals surface area contributed by atoms with Crippen LogP contribution in [0, 0.1) is 5.92 Å². The van der Waals surface area contributed by atoms with Crippen LogP contribution in [-0.4, -0.2) is 67.8 Å². The number of halogens is 1. The highest BCUT2D eigenvalue weighted by molar-refractivity contribution is 7.89. The normalized spacial score (nSPS) is 15.9. The standard InChI is InChI=1S/C30H37FN4O4S/c31-15-11-23-13-17-35(18-14-23)30(37)28(20-25-9-5-2-6-10-25)34-40(38,39)29-21-32-16-12-27(29)33-26(22-36)19-24-7-3-1-4-8-24/h1-10,12,16,21,23,26,28,34,36H,11,13-15,17-20,22H2,(H,32,33)/t26-,28-/m0/s1. The molecule has 2 atom stereocenters. The molecular formula is C30H37FN4O4S. The van der Waals surface area contributed by atoms with Gasteiger partial charge in [0, 0.05) is 25.5 Å². The molecule has 1 aromatic heterocycles. The van der Waals surface area contributed by atoms with Gasteiger partial charge in [-0.25, -0.2) is 8.42 Å². The van der Waals surface area contributed by atoms with Crippen molar-refractivity contribution in [1.29, 1.82) is 0 Å². The molecule has 1 fully saturated rings. The van der Waals surface area contributed by atoms with E-state index in [9.17, 15) is 22.7 Å². The molecule has 3 N–H and O–H groups in total. The van der Waals surface area contributed by atoms with Gasteiger partial charge in [-0.3, -0.25) is 14.2 Å². The molecule has 4 rings (SSSR count). The Kier molecular flexibility index (Phi) is 10.6. The third kappa shape index (κ3) is 8.09. The van der Waals surface area contributed by atoms with E-state index in [-0.39, 0.29) is 42.1 Å². The molecule has 0 bridgehead atoms. The molecule has 1 aliphatic rings. The van der Waals surface area contributed by atoms with E-state index in [0.717, 1.165) is 11.1 Å². The largest absolute Gasteiger partial charge is 0.394 e. The first kappa shape index (κ1) is 29.6. The predicted octanol–water partition coefficient (Wildman–Crippen LogP) is 3.58. The fourth-order valence-electron chi connectivity index (χ4n) is 5.09. The topological polar surface area (TPSA) is 112 Å². The summed E-state index contributed by atoms with van der Waals surface area (Å²) in [5.74, 6) is -0.0699. The minimum atomic E-state index is -4.19. The van der Waals surface area contributed by atoms with E-state index in [1.807, 2.05) is 60.7 Å². The number of nitrogens with zero attached hydrogens (tertiary/aromatic N) is 2. The number of amides is 1. The molecule has 0 saturated carbocycles. The Bertz CT molecular complexity index is 1320. The van der Waals surface area contributed by atoms with E-state index in [4.69, 9.17) is 0 Å². The van der Waals surface area contributed by atoms with Gasteiger partial charge in [-0.05, 0) is 55.2 Å². The highest BCUT2D eigenvalue weighted by atomic mass is 32.2. The molecule has 2 aromatic carbocycles. The highest BCUT2D eigenvalue weighted by Gasteiger charge is 2.33. The third-order valence-corrected chi connectivity index (χ3v) is 8.80. The molecule has 2 heterocycles. The molecule has 214 valence electrons. The van der Waals surface area contributed by atoms with Gasteiger partial charge in [0.25, 0.3) is 0 Å². The second-order valence-corrected chi connectivity index (χ2v) is 11.9. The molecule has 8 nitrogen and oxygen atoms in total. The predicted molar refractivity (Wildman–Crippen MR) is 153 cm³/mol. The zero-order chi connectivity index (χ0) is 28.4. The first-order chi connectivity index (χ1) is 19.4. The second-order valence-electron chi connectivity index (χ2n) is 10.2. The van der Waals surface area contributed by atoms with Gasteiger partial charge >= 0.3 is 0 Å². The van der Waals surface area contributed by atoms with Gasteiger partial charge in [0.1, 0.15) is 10.9 Å². The maximum atomic E-state index is 13.7. The molecule has 1 amide bonds. The van der Waals surface area contributed by atoms with E-state index in [1.165, 1.54) is 12.4 Å². The number of sulfonamides is 1. The number of hydrogen-bond donors (Lipinski definition) is 3. The molecule has 10 heteroatoms. The lowest BCUT2D eigenvalue weighted by Gasteiger charge is -2.34. The van der Waals surface area contributed by atoms with Crippen molar-refractivity contribution in [3.8, 4) is 0 Å². The Morgan fingerprint density at radius 3 is 2.23 bits per heavy atom. The van der Waals surface area contributed by atoms with Gasteiger partial charge in [0.15, 0.2) is 0 Å². The number of hydrogen-bond acceptors (Lipinski definition) is 6. The van der Waals surface area contributed by atoms with Crippen LogP contribution in [0.3, 0.4) is 0 Å². The molecule has 0 unspecified atom stereocenters. The van der Waals surface area contributed by atoms with Crippen molar-refractivity contribution in [2.24, 2.45) is 5.92 Å². The Morgan fingerprint density at radius 2 is 1.62 bits per heavy atom. The first-order valence-corrected chi connectivity index (χ1v) is 15.1. The number of aliphatic hydroxyl groups is 1. The van der Waals surface area contributed by atoms with Crippen molar-refractivity contribution >= 4 is 21.6 Å². The van der Waals surface area contributed by atoms with Crippen LogP contribution in [0.4, 0.5) is 10.1 Å². The van der Waals surface area contributed by atoms with E-state index in [0.29, 0.717) is 38.8 Å². The van der Waals surface area contributed by atoms with Crippen LogP contribution in [0.1, 0.15) is 30.4 Å². The number of aromatic nitrogens is 1. The van der Waals surface area contributed by atoms with E-state index in [2.05, 4.69) is 15.0 Å². The number of aliphatic hydroxyl groups excluding tert-OH is 1. The summed E-state index contributed by atoms with van der Waals surface area (Å²) in [6, 6.07) is 18.9. The SMILES string of the molecule is O=C([C@H](Cc1ccccc1)NS(=O)(=O)c1cnccc1N[C@H](CO)Cc1ccccc1)N1CCC(CCF)CC1. The van der Waals surface area contributed by atoms with Crippen LogP contribution < -0.4 is 10.0 Å². The smallest absolute Gasteiger partial charge is 0.244 e. The highest BCUT2D eigenvalue weighted by Crippen LogP contribution is 2.24. The molecular weight excluding hydrogens is 531 g/mol. The third-order valence-electron chi connectivity index (χ3n) is 7.30. The molecule has 1 aliphatic heterocycles. The Hall–Kier alpha value is -3.34. The summed E-state index contributed by atoms with van der Waals surface area (Å²) < 4.78 is 42.9. The number of benzene rings is 2. The van der Waals surface area contributed by atoms with Crippen molar-refractivity contribution in [2.75, 3.05) is 31.7 Å². The van der Waals surface area contributed by atoms with Gasteiger partial charge in [0.2, 0.25) is 15.9 Å². The summed E-state index contributed by atoms with van der Waals surface area (Å²) in [4.78, 5) is 19.3. The van der Waals surface area contributed by atoms with Crippen molar-refractivity contribution in [3.63, 3.8) is 0 Å². The summed E-state index contributed by atoms with van der Waals surface area (Å²) >= 11 is 0. The lowest BCUT2D eigenvalue weighted by Crippen LogP contribution is -2.51. The van der Waals surface area contributed by atoms with Crippen LogP contribution in [0.25, 0.3) is 0 Å². The number of rotatable bonds is 13. The number of anilines is 1. The average molecular weight is 569 g/mol. The first-order valence-electron chi connectivity index (χ1n) is 13.7. The van der Waals surface area contributed by atoms with Crippen LogP contribution in [-0.2, 0) is 27.7 Å². The van der Waals surface area contributed by atoms with E-state index in [1.54, 1.807) is 11.0 Å². The van der Waals surface area contributed by atoms with Gasteiger partial charge in [-0.1, -0.05) is 60.7 Å². The molecule has 3 aromatic rings. The van der Waals surface area contributed by atoms with Crippen LogP contribution in [0.5, 0.6) is 0 Å².